The molecule has 1 saturated carbocycles. The third-order valence-electron chi connectivity index (χ3n) is 3.73. The van der Waals surface area contributed by atoms with E-state index in [9.17, 15) is 9.00 Å². The molecule has 0 heterocycles. The van der Waals surface area contributed by atoms with Crippen LogP contribution in [0.3, 0.4) is 0 Å². The zero-order chi connectivity index (χ0) is 15.5. The molecule has 116 valence electrons. The van der Waals surface area contributed by atoms with Gasteiger partial charge >= 0.3 is 5.97 Å². The quantitative estimate of drug-likeness (QED) is 0.721. The summed E-state index contributed by atoms with van der Waals surface area (Å²) in [6.45, 7) is 0. The highest BCUT2D eigenvalue weighted by Crippen LogP contribution is 2.49. The lowest BCUT2D eigenvalue weighted by Gasteiger charge is -2.14. The molecule has 1 fully saturated rings. The first-order valence-corrected chi connectivity index (χ1v) is 8.59. The van der Waals surface area contributed by atoms with Crippen molar-refractivity contribution in [2.75, 3.05) is 20.0 Å². The van der Waals surface area contributed by atoms with E-state index in [1.54, 1.807) is 25.3 Å². The zero-order valence-electron chi connectivity index (χ0n) is 12.2. The fraction of sp³-hybridized carbons (Fsp3) is 0.533. The summed E-state index contributed by atoms with van der Waals surface area (Å²) in [5, 5.41) is 0.596. The fourth-order valence-corrected chi connectivity index (χ4v) is 4.30. The van der Waals surface area contributed by atoms with Gasteiger partial charge in [-0.1, -0.05) is 11.6 Å². The van der Waals surface area contributed by atoms with Crippen molar-refractivity contribution in [3.05, 3.63) is 28.8 Å². The molecule has 0 saturated heterocycles. The second kappa shape index (κ2) is 6.79. The summed E-state index contributed by atoms with van der Waals surface area (Å²) in [6, 6.07) is 5.29. The van der Waals surface area contributed by atoms with E-state index in [4.69, 9.17) is 21.1 Å². The van der Waals surface area contributed by atoms with E-state index in [0.717, 1.165) is 18.4 Å². The number of halogens is 1. The summed E-state index contributed by atoms with van der Waals surface area (Å²) in [7, 11) is 1.90. The smallest absolute Gasteiger partial charge is 0.306 e. The predicted molar refractivity (Wildman–Crippen MR) is 83.0 cm³/mol. The van der Waals surface area contributed by atoms with Crippen molar-refractivity contribution >= 4 is 28.4 Å². The first-order valence-electron chi connectivity index (χ1n) is 6.72. The van der Waals surface area contributed by atoms with E-state index in [0.29, 0.717) is 28.7 Å². The molecular weight excluding hydrogens is 312 g/mol. The van der Waals surface area contributed by atoms with E-state index in [2.05, 4.69) is 0 Å². The number of hydrogen-bond donors (Lipinski definition) is 0. The van der Waals surface area contributed by atoms with Gasteiger partial charge < -0.3 is 9.47 Å². The lowest BCUT2D eigenvalue weighted by molar-refractivity contribution is -0.141. The Kier molecular flexibility index (Phi) is 5.27. The minimum Gasteiger partial charge on any atom is -0.496 e. The fourth-order valence-electron chi connectivity index (χ4n) is 2.35. The first-order chi connectivity index (χ1) is 9.98. The van der Waals surface area contributed by atoms with Crippen LogP contribution in [0.15, 0.2) is 18.2 Å². The predicted octanol–water partition coefficient (Wildman–Crippen LogP) is 2.94. The zero-order valence-corrected chi connectivity index (χ0v) is 13.8. The minimum atomic E-state index is -1.06. The van der Waals surface area contributed by atoms with Crippen LogP contribution >= 0.6 is 11.6 Å². The van der Waals surface area contributed by atoms with Gasteiger partial charge in [-0.15, -0.1) is 0 Å². The van der Waals surface area contributed by atoms with Gasteiger partial charge in [0.25, 0.3) is 0 Å². The van der Waals surface area contributed by atoms with E-state index in [1.807, 2.05) is 0 Å². The number of methoxy groups -OCH3 is 2. The van der Waals surface area contributed by atoms with Gasteiger partial charge in [-0.25, -0.2) is 0 Å². The van der Waals surface area contributed by atoms with E-state index < -0.39 is 10.8 Å². The summed E-state index contributed by atoms with van der Waals surface area (Å²) in [5.74, 6) is 1.35. The Morgan fingerprint density at radius 3 is 2.67 bits per heavy atom. The van der Waals surface area contributed by atoms with Crippen molar-refractivity contribution in [1.29, 1.82) is 0 Å². The molecule has 1 aromatic carbocycles. The largest absolute Gasteiger partial charge is 0.496 e. The summed E-state index contributed by atoms with van der Waals surface area (Å²) < 4.78 is 22.3. The highest BCUT2D eigenvalue weighted by molar-refractivity contribution is 7.84. The molecule has 0 aromatic heterocycles. The molecule has 0 N–H and O–H groups in total. The van der Waals surface area contributed by atoms with E-state index in [1.165, 1.54) is 7.11 Å². The molecule has 1 aliphatic rings. The SMILES string of the molecule is COC(=O)CC1(CS(=O)Cc2cc(Cl)ccc2OC)CC1. The second-order valence-electron chi connectivity index (χ2n) is 5.44. The summed E-state index contributed by atoms with van der Waals surface area (Å²) in [5.41, 5.74) is 0.696. The maximum Gasteiger partial charge on any atom is 0.306 e. The molecule has 1 unspecified atom stereocenters. The Hall–Kier alpha value is -1.07. The molecule has 0 radical (unpaired) electrons. The van der Waals surface area contributed by atoms with Crippen molar-refractivity contribution in [3.63, 3.8) is 0 Å². The van der Waals surface area contributed by atoms with Gasteiger partial charge in [0.2, 0.25) is 0 Å². The number of rotatable bonds is 7. The second-order valence-corrected chi connectivity index (χ2v) is 7.33. The number of ether oxygens (including phenoxy) is 2. The number of hydrogen-bond acceptors (Lipinski definition) is 4. The van der Waals surface area contributed by atoms with Gasteiger partial charge in [0.15, 0.2) is 0 Å². The average Bonchev–Trinajstić information content (AvgIpc) is 3.17. The normalized spacial score (nSPS) is 17.1. The maximum absolute atomic E-state index is 12.4. The number of carbonyl (C=O) groups is 1. The Morgan fingerprint density at radius 2 is 2.10 bits per heavy atom. The molecule has 6 heteroatoms. The van der Waals surface area contributed by atoms with Crippen LogP contribution in [0.4, 0.5) is 0 Å². The Balaban J connectivity index is 1.99. The molecule has 1 aliphatic carbocycles. The third kappa shape index (κ3) is 4.45. The summed E-state index contributed by atoms with van der Waals surface area (Å²) >= 11 is 5.97. The van der Waals surface area contributed by atoms with Gasteiger partial charge in [-0.2, -0.15) is 0 Å². The molecule has 21 heavy (non-hydrogen) atoms. The standard InChI is InChI=1S/C15H19ClO4S/c1-19-13-4-3-12(16)7-11(13)9-21(18)10-15(5-6-15)8-14(17)20-2/h3-4,7H,5-6,8-10H2,1-2H3. The lowest BCUT2D eigenvalue weighted by Crippen LogP contribution is -2.18. The van der Waals surface area contributed by atoms with Crippen molar-refractivity contribution in [1.82, 2.24) is 0 Å². The van der Waals surface area contributed by atoms with Crippen LogP contribution in [0.2, 0.25) is 5.02 Å². The number of carbonyl (C=O) groups excluding carboxylic acids is 1. The molecular formula is C15H19ClO4S. The molecule has 0 spiro atoms. The van der Waals surface area contributed by atoms with Crippen LogP contribution in [0.25, 0.3) is 0 Å². The van der Waals surface area contributed by atoms with Crippen LogP contribution in [-0.2, 0) is 26.1 Å². The van der Waals surface area contributed by atoms with Crippen LogP contribution in [0.5, 0.6) is 5.75 Å². The minimum absolute atomic E-state index is 0.135. The Labute approximate surface area is 132 Å². The number of benzene rings is 1. The molecule has 0 amide bonds. The van der Waals surface area contributed by atoms with Crippen LogP contribution in [0, 0.1) is 5.41 Å². The summed E-state index contributed by atoms with van der Waals surface area (Å²) in [6.07, 6.45) is 2.21. The van der Waals surface area contributed by atoms with Crippen molar-refractivity contribution in [2.24, 2.45) is 5.41 Å². The topological polar surface area (TPSA) is 52.6 Å². The van der Waals surface area contributed by atoms with Crippen LogP contribution in [-0.4, -0.2) is 30.2 Å². The van der Waals surface area contributed by atoms with E-state index in [-0.39, 0.29) is 11.4 Å². The molecule has 2 rings (SSSR count). The Morgan fingerprint density at radius 1 is 1.38 bits per heavy atom. The molecule has 0 bridgehead atoms. The summed E-state index contributed by atoms with van der Waals surface area (Å²) in [4.78, 5) is 11.4. The van der Waals surface area contributed by atoms with Gasteiger partial charge in [0.05, 0.1) is 26.4 Å². The monoisotopic (exact) mass is 330 g/mol. The van der Waals surface area contributed by atoms with Crippen molar-refractivity contribution < 1.29 is 18.5 Å². The first kappa shape index (κ1) is 16.3. The highest BCUT2D eigenvalue weighted by atomic mass is 35.5. The van der Waals surface area contributed by atoms with Crippen molar-refractivity contribution in [2.45, 2.75) is 25.0 Å². The van der Waals surface area contributed by atoms with Crippen LogP contribution in [0.1, 0.15) is 24.8 Å². The molecule has 0 aliphatic heterocycles. The van der Waals surface area contributed by atoms with Gasteiger partial charge in [-0.3, -0.25) is 9.00 Å². The molecule has 1 aromatic rings. The highest BCUT2D eigenvalue weighted by Gasteiger charge is 2.45. The maximum atomic E-state index is 12.4. The van der Waals surface area contributed by atoms with E-state index >= 15 is 0 Å². The van der Waals surface area contributed by atoms with Gasteiger partial charge in [0.1, 0.15) is 5.75 Å². The number of esters is 1. The van der Waals surface area contributed by atoms with Gasteiger partial charge in [-0.05, 0) is 36.5 Å². The molecule has 4 nitrogen and oxygen atoms in total. The van der Waals surface area contributed by atoms with Crippen LogP contribution < -0.4 is 4.74 Å². The lowest BCUT2D eigenvalue weighted by atomic mass is 10.1. The molecule has 1 atom stereocenters. The third-order valence-corrected chi connectivity index (χ3v) is 5.53. The Bertz CT molecular complexity index is 555. The average molecular weight is 331 g/mol. The van der Waals surface area contributed by atoms with Gasteiger partial charge in [0, 0.05) is 27.1 Å². The van der Waals surface area contributed by atoms with Crippen molar-refractivity contribution in [3.8, 4) is 5.75 Å².